The fourth-order valence-corrected chi connectivity index (χ4v) is 3.66. The first-order valence-corrected chi connectivity index (χ1v) is 8.66. The summed E-state index contributed by atoms with van der Waals surface area (Å²) in [5, 5.41) is 0. The molecule has 1 fully saturated rings. The summed E-state index contributed by atoms with van der Waals surface area (Å²) in [6.07, 6.45) is 12.1. The van der Waals surface area contributed by atoms with Crippen LogP contribution in [-0.2, 0) is 12.8 Å². The van der Waals surface area contributed by atoms with Gasteiger partial charge in [0.15, 0.2) is 0 Å². The molecule has 1 aliphatic carbocycles. The van der Waals surface area contributed by atoms with Crippen molar-refractivity contribution in [3.63, 3.8) is 0 Å². The third-order valence-corrected chi connectivity index (χ3v) is 5.09. The lowest BCUT2D eigenvalue weighted by molar-refractivity contribution is 0.212. The Hall–Kier alpha value is -0.930. The lowest BCUT2D eigenvalue weighted by Gasteiger charge is -2.33. The molecule has 0 saturated heterocycles. The molecule has 0 bridgehead atoms. The summed E-state index contributed by atoms with van der Waals surface area (Å²) in [6.45, 7) is 4.46. The molecule has 3 N–H and O–H groups in total. The van der Waals surface area contributed by atoms with Gasteiger partial charge in [-0.2, -0.15) is 0 Å². The first kappa shape index (κ1) is 16.4. The zero-order valence-corrected chi connectivity index (χ0v) is 13.6. The van der Waals surface area contributed by atoms with Gasteiger partial charge in [-0.15, -0.1) is 0 Å². The van der Waals surface area contributed by atoms with Gasteiger partial charge in [-0.05, 0) is 42.7 Å². The van der Waals surface area contributed by atoms with E-state index < -0.39 is 0 Å². The maximum Gasteiger partial charge on any atom is 0.0419 e. The third-order valence-electron chi connectivity index (χ3n) is 5.09. The van der Waals surface area contributed by atoms with Crippen molar-refractivity contribution in [3.05, 3.63) is 29.6 Å². The van der Waals surface area contributed by atoms with Crippen molar-refractivity contribution in [2.75, 3.05) is 0 Å². The van der Waals surface area contributed by atoms with E-state index in [1.807, 2.05) is 6.20 Å². The second kappa shape index (κ2) is 8.50. The van der Waals surface area contributed by atoms with Crippen molar-refractivity contribution in [2.24, 2.45) is 17.7 Å². The molecule has 1 aromatic rings. The van der Waals surface area contributed by atoms with Crippen molar-refractivity contribution >= 4 is 0 Å². The Morgan fingerprint density at radius 1 is 1.24 bits per heavy atom. The maximum atomic E-state index is 5.82. The summed E-state index contributed by atoms with van der Waals surface area (Å²) >= 11 is 0. The quantitative estimate of drug-likeness (QED) is 0.595. The lowest BCUT2D eigenvalue weighted by atomic mass is 9.76. The Bertz CT molecular complexity index is 393. The Labute approximate surface area is 129 Å². The molecule has 3 heteroatoms. The summed E-state index contributed by atoms with van der Waals surface area (Å²) in [5.41, 5.74) is 5.52. The van der Waals surface area contributed by atoms with Gasteiger partial charge in [0.05, 0.1) is 0 Å². The summed E-state index contributed by atoms with van der Waals surface area (Å²) in [5.74, 6) is 7.48. The molecule has 1 unspecified atom stereocenters. The fourth-order valence-electron chi connectivity index (χ4n) is 3.66. The van der Waals surface area contributed by atoms with Crippen LogP contribution in [0.2, 0.25) is 0 Å². The van der Waals surface area contributed by atoms with Crippen LogP contribution >= 0.6 is 0 Å². The summed E-state index contributed by atoms with van der Waals surface area (Å²) in [6, 6.07) is 4.72. The smallest absolute Gasteiger partial charge is 0.0419 e. The summed E-state index contributed by atoms with van der Waals surface area (Å²) in [4.78, 5) is 4.58. The Morgan fingerprint density at radius 2 is 2.00 bits per heavy atom. The number of aromatic nitrogens is 1. The van der Waals surface area contributed by atoms with Crippen LogP contribution in [0.3, 0.4) is 0 Å². The topological polar surface area (TPSA) is 50.9 Å². The van der Waals surface area contributed by atoms with E-state index >= 15 is 0 Å². The summed E-state index contributed by atoms with van der Waals surface area (Å²) in [7, 11) is 0. The molecule has 1 aromatic heterocycles. The van der Waals surface area contributed by atoms with E-state index in [2.05, 4.69) is 36.4 Å². The molecule has 0 spiro atoms. The second-order valence-corrected chi connectivity index (χ2v) is 6.56. The normalized spacial score (nSPS) is 24.0. The number of hydrogen-bond acceptors (Lipinski definition) is 3. The molecule has 0 aromatic carbocycles. The highest BCUT2D eigenvalue weighted by Gasteiger charge is 2.27. The monoisotopic (exact) mass is 289 g/mol. The highest BCUT2D eigenvalue weighted by Crippen LogP contribution is 2.33. The number of rotatable bonds is 7. The SMILES string of the molecule is CCCC1CCC(C(Cc2ccc(CC)cn2)NN)CC1. The predicted molar refractivity (Wildman–Crippen MR) is 88.8 cm³/mol. The Kier molecular flexibility index (Phi) is 6.65. The van der Waals surface area contributed by atoms with E-state index in [-0.39, 0.29) is 0 Å². The number of hydrazine groups is 1. The summed E-state index contributed by atoms with van der Waals surface area (Å²) < 4.78 is 0. The number of nitrogens with one attached hydrogen (secondary N) is 1. The predicted octanol–water partition coefficient (Wildman–Crippen LogP) is 3.62. The van der Waals surface area contributed by atoms with E-state index in [1.165, 1.54) is 44.1 Å². The van der Waals surface area contributed by atoms with Gasteiger partial charge in [0.1, 0.15) is 0 Å². The van der Waals surface area contributed by atoms with Crippen LogP contribution in [0.1, 0.15) is 63.6 Å². The van der Waals surface area contributed by atoms with Crippen molar-refractivity contribution in [1.29, 1.82) is 0 Å². The zero-order chi connectivity index (χ0) is 15.1. The minimum atomic E-state index is 0.368. The largest absolute Gasteiger partial charge is 0.271 e. The number of nitrogens with two attached hydrogens (primary N) is 1. The van der Waals surface area contributed by atoms with Crippen LogP contribution in [0.5, 0.6) is 0 Å². The number of aryl methyl sites for hydroxylation is 1. The number of hydrogen-bond donors (Lipinski definition) is 2. The zero-order valence-electron chi connectivity index (χ0n) is 13.6. The van der Waals surface area contributed by atoms with Gasteiger partial charge in [-0.3, -0.25) is 16.3 Å². The van der Waals surface area contributed by atoms with Crippen LogP contribution in [0.4, 0.5) is 0 Å². The third kappa shape index (κ3) is 4.79. The van der Waals surface area contributed by atoms with Crippen LogP contribution in [0.25, 0.3) is 0 Å². The van der Waals surface area contributed by atoms with Crippen LogP contribution < -0.4 is 11.3 Å². The molecular formula is C18H31N3. The molecule has 1 heterocycles. The average molecular weight is 289 g/mol. The van der Waals surface area contributed by atoms with Crippen molar-refractivity contribution in [1.82, 2.24) is 10.4 Å². The molecule has 0 radical (unpaired) electrons. The highest BCUT2D eigenvalue weighted by molar-refractivity contribution is 5.14. The molecule has 3 nitrogen and oxygen atoms in total. The van der Waals surface area contributed by atoms with Gasteiger partial charge in [0.2, 0.25) is 0 Å². The minimum absolute atomic E-state index is 0.368. The minimum Gasteiger partial charge on any atom is -0.271 e. The molecule has 1 aliphatic rings. The molecule has 2 rings (SSSR count). The van der Waals surface area contributed by atoms with E-state index in [1.54, 1.807) is 0 Å². The molecule has 0 amide bonds. The first-order chi connectivity index (χ1) is 10.3. The van der Waals surface area contributed by atoms with Gasteiger partial charge in [-0.25, -0.2) is 0 Å². The average Bonchev–Trinajstić information content (AvgIpc) is 2.54. The van der Waals surface area contributed by atoms with Crippen molar-refractivity contribution in [2.45, 2.75) is 71.3 Å². The molecule has 0 aliphatic heterocycles. The molecule has 1 atom stereocenters. The van der Waals surface area contributed by atoms with E-state index in [0.29, 0.717) is 12.0 Å². The maximum absolute atomic E-state index is 5.82. The fraction of sp³-hybridized carbons (Fsp3) is 0.722. The molecule has 21 heavy (non-hydrogen) atoms. The van der Waals surface area contributed by atoms with Gasteiger partial charge < -0.3 is 0 Å². The Morgan fingerprint density at radius 3 is 2.52 bits per heavy atom. The molecule has 118 valence electrons. The van der Waals surface area contributed by atoms with Crippen LogP contribution in [0.15, 0.2) is 18.3 Å². The van der Waals surface area contributed by atoms with Gasteiger partial charge in [0, 0.05) is 24.4 Å². The van der Waals surface area contributed by atoms with E-state index in [0.717, 1.165) is 24.5 Å². The van der Waals surface area contributed by atoms with E-state index in [9.17, 15) is 0 Å². The van der Waals surface area contributed by atoms with E-state index in [4.69, 9.17) is 5.84 Å². The number of nitrogens with zero attached hydrogens (tertiary/aromatic N) is 1. The molecular weight excluding hydrogens is 258 g/mol. The Balaban J connectivity index is 1.87. The first-order valence-electron chi connectivity index (χ1n) is 8.66. The van der Waals surface area contributed by atoms with Crippen molar-refractivity contribution in [3.8, 4) is 0 Å². The van der Waals surface area contributed by atoms with Crippen molar-refractivity contribution < 1.29 is 0 Å². The van der Waals surface area contributed by atoms with Crippen LogP contribution in [0, 0.1) is 11.8 Å². The highest BCUT2D eigenvalue weighted by atomic mass is 15.2. The lowest BCUT2D eigenvalue weighted by Crippen LogP contribution is -2.43. The van der Waals surface area contributed by atoms with Crippen LogP contribution in [-0.4, -0.2) is 11.0 Å². The van der Waals surface area contributed by atoms with Gasteiger partial charge in [0.25, 0.3) is 0 Å². The number of pyridine rings is 1. The molecule has 1 saturated carbocycles. The standard InChI is InChI=1S/C18H31N3/c1-3-5-15-6-9-16(10-7-15)18(21-19)12-17-11-8-14(4-2)13-20-17/h8,11,13,15-16,18,21H,3-7,9-10,12,19H2,1-2H3. The van der Waals surface area contributed by atoms with Gasteiger partial charge in [-0.1, -0.05) is 45.6 Å². The van der Waals surface area contributed by atoms with Gasteiger partial charge >= 0.3 is 0 Å². The second-order valence-electron chi connectivity index (χ2n) is 6.56.